The van der Waals surface area contributed by atoms with Crippen LogP contribution in [0.15, 0.2) is 29.1 Å². The number of piperidine rings is 1. The van der Waals surface area contributed by atoms with Crippen LogP contribution in [0, 0.1) is 11.8 Å². The number of ether oxygens (including phenoxy) is 2. The van der Waals surface area contributed by atoms with Gasteiger partial charge in [-0.15, -0.1) is 0 Å². The maximum atomic E-state index is 14.1. The van der Waals surface area contributed by atoms with Crippen molar-refractivity contribution in [2.75, 3.05) is 44.7 Å². The fourth-order valence-corrected chi connectivity index (χ4v) is 8.73. The third-order valence-electron chi connectivity index (χ3n) is 10.7. The van der Waals surface area contributed by atoms with Crippen LogP contribution < -0.4 is 10.9 Å². The van der Waals surface area contributed by atoms with Gasteiger partial charge in [-0.25, -0.2) is 4.98 Å². The van der Waals surface area contributed by atoms with Gasteiger partial charge in [0.25, 0.3) is 5.56 Å². The number of nitrogens with one attached hydrogen (secondary N) is 1. The van der Waals surface area contributed by atoms with E-state index in [2.05, 4.69) is 15.1 Å². The number of carbonyl (C=O) groups is 2. The molecule has 0 amide bonds. The fourth-order valence-electron chi connectivity index (χ4n) is 8.73. The molecule has 4 aliphatic rings. The molecule has 10 heteroatoms. The number of fused-ring (bicyclic) bond motifs is 3. The minimum Gasteiger partial charge on any atom is -0.466 e. The van der Waals surface area contributed by atoms with Gasteiger partial charge in [0.15, 0.2) is 5.82 Å². The zero-order valence-electron chi connectivity index (χ0n) is 27.1. The lowest BCUT2D eigenvalue weighted by atomic mass is 9.89. The Morgan fingerprint density at radius 1 is 0.822 bits per heavy atom. The van der Waals surface area contributed by atoms with Crippen LogP contribution in [0.5, 0.6) is 0 Å². The Balaban J connectivity index is 1.16. The summed E-state index contributed by atoms with van der Waals surface area (Å²) >= 11 is 0. The summed E-state index contributed by atoms with van der Waals surface area (Å²) in [5, 5.41) is 3.33. The topological polar surface area (TPSA) is 106 Å². The number of benzene rings is 1. The molecule has 2 bridgehead atoms. The van der Waals surface area contributed by atoms with Crippen molar-refractivity contribution in [3.63, 3.8) is 0 Å². The van der Waals surface area contributed by atoms with Crippen molar-refractivity contribution in [2.24, 2.45) is 11.8 Å². The number of likely N-dealkylation sites (tertiary alicyclic amines) is 1. The number of nitrogens with zero attached hydrogens (tertiary/aromatic N) is 4. The summed E-state index contributed by atoms with van der Waals surface area (Å²) in [6.45, 7) is 5.94. The summed E-state index contributed by atoms with van der Waals surface area (Å²) in [4.78, 5) is 49.1. The van der Waals surface area contributed by atoms with Crippen LogP contribution in [0.1, 0.15) is 90.5 Å². The van der Waals surface area contributed by atoms with E-state index in [0.717, 1.165) is 23.9 Å². The molecule has 1 saturated carbocycles. The average molecular weight is 622 g/mol. The molecule has 5 atom stereocenters. The van der Waals surface area contributed by atoms with Crippen molar-refractivity contribution in [2.45, 2.75) is 109 Å². The summed E-state index contributed by atoms with van der Waals surface area (Å²) in [7, 11) is 0. The summed E-state index contributed by atoms with van der Waals surface area (Å²) in [6, 6.07) is 9.94. The molecule has 1 aromatic heterocycles. The molecule has 0 spiro atoms. The first-order chi connectivity index (χ1) is 22.0. The van der Waals surface area contributed by atoms with Crippen LogP contribution in [0.2, 0.25) is 0 Å². The molecule has 0 radical (unpaired) electrons. The number of rotatable bonds is 10. The van der Waals surface area contributed by atoms with Gasteiger partial charge in [0, 0.05) is 50.3 Å². The number of hydrogen-bond acceptors (Lipinski definition) is 9. The molecular weight excluding hydrogens is 570 g/mol. The second kappa shape index (κ2) is 14.6. The number of para-hydroxylation sites is 2. The Bertz CT molecular complexity index is 1350. The van der Waals surface area contributed by atoms with Gasteiger partial charge in [-0.3, -0.25) is 24.2 Å². The van der Waals surface area contributed by atoms with Gasteiger partial charge in [0.05, 0.1) is 36.1 Å². The number of esters is 2. The lowest BCUT2D eigenvalue weighted by Crippen LogP contribution is -2.50. The second-order valence-electron chi connectivity index (χ2n) is 13.5. The third-order valence-corrected chi connectivity index (χ3v) is 10.7. The van der Waals surface area contributed by atoms with Crippen LogP contribution in [0.3, 0.4) is 0 Å². The molecule has 4 fully saturated rings. The Hall–Kier alpha value is -2.98. The highest BCUT2D eigenvalue weighted by molar-refractivity contribution is 5.83. The largest absolute Gasteiger partial charge is 0.466 e. The first kappa shape index (κ1) is 32.0. The summed E-state index contributed by atoms with van der Waals surface area (Å²) in [5.74, 6) is -1.46. The van der Waals surface area contributed by atoms with Crippen LogP contribution in [0.25, 0.3) is 11.0 Å². The normalized spacial score (nSPS) is 28.1. The monoisotopic (exact) mass is 621 g/mol. The maximum Gasteiger partial charge on any atom is 0.311 e. The molecule has 2 unspecified atom stereocenters. The molecule has 1 N–H and O–H groups in total. The van der Waals surface area contributed by atoms with Crippen LogP contribution in [0.4, 0.5) is 5.82 Å². The Morgan fingerprint density at radius 2 is 1.42 bits per heavy atom. The van der Waals surface area contributed by atoms with Crippen molar-refractivity contribution >= 4 is 28.8 Å². The van der Waals surface area contributed by atoms with E-state index in [4.69, 9.17) is 14.5 Å². The highest BCUT2D eigenvalue weighted by Gasteiger charge is 2.45. The van der Waals surface area contributed by atoms with Gasteiger partial charge in [0.1, 0.15) is 0 Å². The highest BCUT2D eigenvalue weighted by atomic mass is 16.5. The van der Waals surface area contributed by atoms with Gasteiger partial charge < -0.3 is 19.4 Å². The van der Waals surface area contributed by atoms with Crippen molar-refractivity contribution in [1.29, 1.82) is 0 Å². The van der Waals surface area contributed by atoms with Crippen molar-refractivity contribution in [1.82, 2.24) is 19.4 Å². The molecule has 6 rings (SSSR count). The summed E-state index contributed by atoms with van der Waals surface area (Å²) in [5.41, 5.74) is 1.67. The molecule has 246 valence electrons. The number of aromatic nitrogens is 2. The smallest absolute Gasteiger partial charge is 0.311 e. The number of carbonyl (C=O) groups excluding carboxylic acids is 2. The molecule has 3 saturated heterocycles. The number of anilines is 1. The molecule has 1 aliphatic carbocycles. The van der Waals surface area contributed by atoms with E-state index < -0.39 is 11.8 Å². The first-order valence-corrected chi connectivity index (χ1v) is 17.6. The summed E-state index contributed by atoms with van der Waals surface area (Å²) < 4.78 is 12.6. The predicted molar refractivity (Wildman–Crippen MR) is 174 cm³/mol. The summed E-state index contributed by atoms with van der Waals surface area (Å²) in [6.07, 6.45) is 13.9. The van der Waals surface area contributed by atoms with E-state index in [1.165, 1.54) is 57.8 Å². The fraction of sp³-hybridized carbons (Fsp3) is 0.714. The zero-order valence-corrected chi connectivity index (χ0v) is 27.1. The molecule has 45 heavy (non-hydrogen) atoms. The van der Waals surface area contributed by atoms with Gasteiger partial charge in [0.2, 0.25) is 0 Å². The first-order valence-electron chi connectivity index (χ1n) is 17.6. The van der Waals surface area contributed by atoms with E-state index >= 15 is 0 Å². The Kier molecular flexibility index (Phi) is 10.4. The van der Waals surface area contributed by atoms with Crippen molar-refractivity contribution in [3.8, 4) is 0 Å². The van der Waals surface area contributed by atoms with E-state index in [1.807, 2.05) is 28.8 Å². The quantitative estimate of drug-likeness (QED) is 0.376. The molecule has 10 nitrogen and oxygen atoms in total. The Morgan fingerprint density at radius 3 is 2.04 bits per heavy atom. The minimum absolute atomic E-state index is 0.0623. The van der Waals surface area contributed by atoms with E-state index in [0.29, 0.717) is 50.1 Å². The van der Waals surface area contributed by atoms with Gasteiger partial charge in [-0.2, -0.15) is 0 Å². The van der Waals surface area contributed by atoms with Crippen LogP contribution >= 0.6 is 0 Å². The van der Waals surface area contributed by atoms with Gasteiger partial charge in [-0.05, 0) is 64.5 Å². The van der Waals surface area contributed by atoms with Crippen molar-refractivity contribution in [3.05, 3.63) is 34.6 Å². The lowest BCUT2D eigenvalue weighted by molar-refractivity contribution is -0.157. The minimum atomic E-state index is -0.552. The lowest BCUT2D eigenvalue weighted by Gasteiger charge is -2.45. The third kappa shape index (κ3) is 6.92. The number of hydrogen-bond donors (Lipinski definition) is 1. The van der Waals surface area contributed by atoms with E-state index in [-0.39, 0.29) is 36.8 Å². The molecule has 3 aliphatic heterocycles. The molecule has 2 aromatic rings. The van der Waals surface area contributed by atoms with E-state index in [1.54, 1.807) is 13.8 Å². The van der Waals surface area contributed by atoms with Gasteiger partial charge in [-0.1, -0.05) is 44.2 Å². The predicted octanol–water partition coefficient (Wildman–Crippen LogP) is 4.76. The van der Waals surface area contributed by atoms with Gasteiger partial charge >= 0.3 is 11.9 Å². The Labute approximate surface area is 266 Å². The van der Waals surface area contributed by atoms with Crippen LogP contribution in [-0.2, 0) is 19.1 Å². The second-order valence-corrected chi connectivity index (χ2v) is 13.5. The standard InChI is InChI=1S/C35H51N5O5/c1-3-44-34(42)28-22-38(23-29(28)35(43)45-4-2)19-18-36-32-33(41)40(31-15-11-10-14-30(31)37-32)27-20-25-16-17-26(21-27)39(25)24-12-8-6-5-7-9-13-24/h10-11,14-15,24-29H,3-9,12-13,16-23H2,1-2H3,(H,36,37)/t25-,26+,27?,28-,29?/m1/s1. The van der Waals surface area contributed by atoms with Crippen molar-refractivity contribution < 1.29 is 19.1 Å². The zero-order chi connectivity index (χ0) is 31.3. The van der Waals surface area contributed by atoms with Crippen LogP contribution in [-0.4, -0.2) is 88.8 Å². The maximum absolute atomic E-state index is 14.1. The molecule has 1 aromatic carbocycles. The highest BCUT2D eigenvalue weighted by Crippen LogP contribution is 2.44. The SMILES string of the molecule is CCOC(=O)C1CN(CCNc2nc3ccccc3n(C3C[C@H]4CC[C@@H](C3)N4C3CCCCCCC3)c2=O)C[C@H]1C(=O)OCC. The average Bonchev–Trinajstić information content (AvgIpc) is 3.55. The van der Waals surface area contributed by atoms with E-state index in [9.17, 15) is 14.4 Å². The molecule has 4 heterocycles. The molecular formula is C35H51N5O5.